The van der Waals surface area contributed by atoms with E-state index in [0.717, 1.165) is 48.6 Å². The van der Waals surface area contributed by atoms with Gasteiger partial charge in [-0.25, -0.2) is 9.37 Å². The number of hydrogen-bond donors (Lipinski definition) is 0. The summed E-state index contributed by atoms with van der Waals surface area (Å²) in [6, 6.07) is 6.71. The molecule has 3 heterocycles. The molecule has 2 aliphatic heterocycles. The highest BCUT2D eigenvalue weighted by Crippen LogP contribution is 2.28. The third-order valence-corrected chi connectivity index (χ3v) is 4.83. The van der Waals surface area contributed by atoms with Crippen LogP contribution >= 0.6 is 0 Å². The number of hydrogen-bond acceptors (Lipinski definition) is 4. The Kier molecular flexibility index (Phi) is 4.69. The summed E-state index contributed by atoms with van der Waals surface area (Å²) in [6.45, 7) is 3.61. The van der Waals surface area contributed by atoms with Crippen molar-refractivity contribution in [3.8, 4) is 0 Å². The van der Waals surface area contributed by atoms with Gasteiger partial charge >= 0.3 is 0 Å². The van der Waals surface area contributed by atoms with Crippen molar-refractivity contribution >= 4 is 17.6 Å². The molecular weight excluding hydrogens is 329 g/mol. The lowest BCUT2D eigenvalue weighted by Crippen LogP contribution is -2.22. The molecule has 0 saturated carbocycles. The minimum absolute atomic E-state index is 0.219. The molecule has 0 bridgehead atoms. The van der Waals surface area contributed by atoms with Gasteiger partial charge in [-0.05, 0) is 37.1 Å². The van der Waals surface area contributed by atoms with Gasteiger partial charge in [-0.1, -0.05) is 25.1 Å². The van der Waals surface area contributed by atoms with Gasteiger partial charge < -0.3 is 9.32 Å². The van der Waals surface area contributed by atoms with Gasteiger partial charge in [0.05, 0.1) is 6.54 Å². The second-order valence-electron chi connectivity index (χ2n) is 6.68. The van der Waals surface area contributed by atoms with Gasteiger partial charge in [0.25, 0.3) is 0 Å². The first-order valence-electron chi connectivity index (χ1n) is 9.15. The lowest BCUT2D eigenvalue weighted by Gasteiger charge is -2.22. The summed E-state index contributed by atoms with van der Waals surface area (Å²) in [6.07, 6.45) is 10.8. The molecule has 0 spiro atoms. The topological polar surface area (TPSA) is 41.6 Å². The molecule has 1 atom stereocenters. The fourth-order valence-electron chi connectivity index (χ4n) is 3.32. The number of rotatable bonds is 3. The quantitative estimate of drug-likeness (QED) is 0.799. The van der Waals surface area contributed by atoms with Crippen LogP contribution in [-0.2, 0) is 13.0 Å². The van der Waals surface area contributed by atoms with Crippen molar-refractivity contribution in [3.63, 3.8) is 0 Å². The molecule has 0 fully saturated rings. The summed E-state index contributed by atoms with van der Waals surface area (Å²) in [4.78, 5) is 11.4. The number of oxazole rings is 1. The first-order chi connectivity index (χ1) is 12.7. The molecule has 4 rings (SSSR count). The van der Waals surface area contributed by atoms with Crippen LogP contribution in [0.5, 0.6) is 0 Å². The minimum Gasteiger partial charge on any atom is -0.440 e. The minimum atomic E-state index is -0.219. The lowest BCUT2D eigenvalue weighted by molar-refractivity contribution is 0.486. The van der Waals surface area contributed by atoms with Crippen LogP contribution in [0.25, 0.3) is 5.70 Å². The van der Waals surface area contributed by atoms with Crippen LogP contribution in [0.15, 0.2) is 51.9 Å². The molecule has 0 saturated heterocycles. The van der Waals surface area contributed by atoms with Crippen molar-refractivity contribution in [2.75, 3.05) is 11.4 Å². The van der Waals surface area contributed by atoms with E-state index in [4.69, 9.17) is 9.40 Å². The van der Waals surface area contributed by atoms with E-state index in [1.54, 1.807) is 12.1 Å². The number of nitrogens with zero attached hydrogens (tertiary/aromatic N) is 3. The summed E-state index contributed by atoms with van der Waals surface area (Å²) in [5.41, 5.74) is 2.54. The number of aryl methyl sites for hydroxylation is 1. The third kappa shape index (κ3) is 3.47. The van der Waals surface area contributed by atoms with E-state index in [1.165, 1.54) is 6.07 Å². The van der Waals surface area contributed by atoms with Gasteiger partial charge in [-0.3, -0.25) is 4.99 Å². The Balaban J connectivity index is 1.60. The second-order valence-corrected chi connectivity index (χ2v) is 6.68. The highest BCUT2D eigenvalue weighted by Gasteiger charge is 2.22. The second kappa shape index (κ2) is 7.28. The molecule has 1 unspecified atom stereocenters. The molecule has 0 amide bonds. The fraction of sp³-hybridized carbons (Fsp3) is 0.333. The number of halogens is 1. The van der Waals surface area contributed by atoms with E-state index in [-0.39, 0.29) is 5.82 Å². The fourth-order valence-corrected chi connectivity index (χ4v) is 3.32. The summed E-state index contributed by atoms with van der Waals surface area (Å²) in [7, 11) is 0. The maximum Gasteiger partial charge on any atom is 0.245 e. The standard InChI is InChI=1S/C21H22FN3O/c1-2-15-6-3-9-18(23-13-15)21-24-19-14-25(11-5-10-20(19)26-21)17-8-4-7-16(22)12-17/h3-4,6-9,12-13,15H,2,5,10-11,14H2,1H3. The summed E-state index contributed by atoms with van der Waals surface area (Å²) >= 11 is 0. The molecular formula is C21H22FN3O. The van der Waals surface area contributed by atoms with Gasteiger partial charge in [0.1, 0.15) is 23.0 Å². The molecule has 0 N–H and O–H groups in total. The van der Waals surface area contributed by atoms with Crippen molar-refractivity contribution in [1.82, 2.24) is 4.98 Å². The average molecular weight is 351 g/mol. The molecule has 0 radical (unpaired) electrons. The van der Waals surface area contributed by atoms with Crippen molar-refractivity contribution in [1.29, 1.82) is 0 Å². The molecule has 1 aromatic heterocycles. The molecule has 1 aromatic carbocycles. The zero-order valence-electron chi connectivity index (χ0n) is 14.9. The summed E-state index contributed by atoms with van der Waals surface area (Å²) in [5.74, 6) is 1.60. The number of aromatic nitrogens is 1. The van der Waals surface area contributed by atoms with Crippen LogP contribution in [-0.4, -0.2) is 17.7 Å². The summed E-state index contributed by atoms with van der Waals surface area (Å²) in [5, 5.41) is 0. The highest BCUT2D eigenvalue weighted by molar-refractivity contribution is 5.75. The van der Waals surface area contributed by atoms with E-state index in [0.29, 0.717) is 18.4 Å². The first kappa shape index (κ1) is 16.8. The predicted octanol–water partition coefficient (Wildman–Crippen LogP) is 4.77. The smallest absolute Gasteiger partial charge is 0.245 e. The molecule has 26 heavy (non-hydrogen) atoms. The van der Waals surface area contributed by atoms with Gasteiger partial charge in [0.15, 0.2) is 0 Å². The molecule has 2 aromatic rings. The normalized spacial score (nSPS) is 19.7. The molecule has 4 nitrogen and oxygen atoms in total. The lowest BCUT2D eigenvalue weighted by atomic mass is 10.1. The zero-order valence-corrected chi connectivity index (χ0v) is 14.9. The maximum atomic E-state index is 13.6. The Labute approximate surface area is 152 Å². The molecule has 2 aliphatic rings. The van der Waals surface area contributed by atoms with Crippen LogP contribution in [0.4, 0.5) is 10.1 Å². The number of anilines is 1. The van der Waals surface area contributed by atoms with Crippen molar-refractivity contribution in [2.45, 2.75) is 32.7 Å². The van der Waals surface area contributed by atoms with Crippen molar-refractivity contribution in [3.05, 3.63) is 65.7 Å². The van der Waals surface area contributed by atoms with E-state index >= 15 is 0 Å². The van der Waals surface area contributed by atoms with Gasteiger partial charge in [-0.2, -0.15) is 0 Å². The Hall–Kier alpha value is -2.69. The Morgan fingerprint density at radius 2 is 2.27 bits per heavy atom. The summed E-state index contributed by atoms with van der Waals surface area (Å²) < 4.78 is 19.6. The van der Waals surface area contributed by atoms with E-state index in [1.807, 2.05) is 24.4 Å². The van der Waals surface area contributed by atoms with Crippen LogP contribution in [0.3, 0.4) is 0 Å². The van der Waals surface area contributed by atoms with Gasteiger partial charge in [0, 0.05) is 30.8 Å². The molecule has 134 valence electrons. The number of allylic oxidation sites excluding steroid dienone is 3. The van der Waals surface area contributed by atoms with Crippen LogP contribution in [0, 0.1) is 11.7 Å². The highest BCUT2D eigenvalue weighted by atomic mass is 19.1. The third-order valence-electron chi connectivity index (χ3n) is 4.83. The monoisotopic (exact) mass is 351 g/mol. The van der Waals surface area contributed by atoms with E-state index < -0.39 is 0 Å². The molecule has 5 heteroatoms. The van der Waals surface area contributed by atoms with Crippen LogP contribution < -0.4 is 4.90 Å². The van der Waals surface area contributed by atoms with E-state index in [9.17, 15) is 4.39 Å². The number of benzene rings is 1. The maximum absolute atomic E-state index is 13.6. The Morgan fingerprint density at radius 1 is 1.35 bits per heavy atom. The Morgan fingerprint density at radius 3 is 3.12 bits per heavy atom. The van der Waals surface area contributed by atoms with Gasteiger partial charge in [0.2, 0.25) is 5.89 Å². The largest absolute Gasteiger partial charge is 0.440 e. The van der Waals surface area contributed by atoms with Crippen molar-refractivity contribution < 1.29 is 8.81 Å². The van der Waals surface area contributed by atoms with Crippen LogP contribution in [0.2, 0.25) is 0 Å². The van der Waals surface area contributed by atoms with Gasteiger partial charge in [-0.15, -0.1) is 0 Å². The predicted molar refractivity (Wildman–Crippen MR) is 102 cm³/mol. The van der Waals surface area contributed by atoms with Crippen LogP contribution in [0.1, 0.15) is 37.1 Å². The first-order valence-corrected chi connectivity index (χ1v) is 9.15. The van der Waals surface area contributed by atoms with Crippen molar-refractivity contribution in [2.24, 2.45) is 10.9 Å². The zero-order chi connectivity index (χ0) is 17.9. The molecule has 0 aliphatic carbocycles. The average Bonchev–Trinajstić information content (AvgIpc) is 2.82. The Bertz CT molecular complexity index is 881. The number of aliphatic imine (C=N–C) groups is 1. The SMILES string of the molecule is CCC1C=CC=C(c2nc3c(o2)CCCN(c2cccc(F)c2)C3)N=C1. The number of fused-ring (bicyclic) bond motifs is 1. The van der Waals surface area contributed by atoms with E-state index in [2.05, 4.69) is 22.9 Å².